The van der Waals surface area contributed by atoms with Gasteiger partial charge in [0.25, 0.3) is 5.91 Å². The fourth-order valence-electron chi connectivity index (χ4n) is 4.21. The second-order valence-corrected chi connectivity index (χ2v) is 8.55. The molecule has 180 valence electrons. The average Bonchev–Trinajstić information content (AvgIpc) is 3.53. The highest BCUT2D eigenvalue weighted by atomic mass is 19.1. The Morgan fingerprint density at radius 2 is 2.09 bits per heavy atom. The number of anilines is 1. The number of hydrogen-bond acceptors (Lipinski definition) is 6. The Morgan fingerprint density at radius 1 is 1.20 bits per heavy atom. The Morgan fingerprint density at radius 3 is 2.80 bits per heavy atom. The fourth-order valence-corrected chi connectivity index (χ4v) is 4.21. The van der Waals surface area contributed by atoms with E-state index in [1.165, 1.54) is 13.2 Å². The Kier molecular flexibility index (Phi) is 6.33. The number of aryl methyl sites for hydroxylation is 1. The van der Waals surface area contributed by atoms with Gasteiger partial charge in [0.2, 0.25) is 0 Å². The van der Waals surface area contributed by atoms with Crippen LogP contribution >= 0.6 is 0 Å². The first-order valence-electron chi connectivity index (χ1n) is 11.4. The van der Waals surface area contributed by atoms with Crippen molar-refractivity contribution in [2.45, 2.75) is 18.5 Å². The number of methoxy groups -OCH3 is 1. The minimum atomic E-state index is -0.642. The van der Waals surface area contributed by atoms with Crippen LogP contribution in [-0.2, 0) is 11.8 Å². The third kappa shape index (κ3) is 4.95. The Hall–Kier alpha value is -3.98. The maximum absolute atomic E-state index is 14.5. The molecule has 5 rings (SSSR count). The summed E-state index contributed by atoms with van der Waals surface area (Å²) in [5.74, 6) is 0.0718. The van der Waals surface area contributed by atoms with Gasteiger partial charge >= 0.3 is 0 Å². The van der Waals surface area contributed by atoms with Crippen LogP contribution in [0, 0.1) is 5.82 Å². The second kappa shape index (κ2) is 9.71. The molecule has 1 aliphatic heterocycles. The van der Waals surface area contributed by atoms with Crippen LogP contribution in [0.4, 0.5) is 10.2 Å². The van der Waals surface area contributed by atoms with E-state index in [4.69, 9.17) is 9.47 Å². The number of amides is 1. The third-order valence-electron chi connectivity index (χ3n) is 6.08. The predicted octanol–water partition coefficient (Wildman–Crippen LogP) is 3.84. The maximum Gasteiger partial charge on any atom is 0.252 e. The summed E-state index contributed by atoms with van der Waals surface area (Å²) in [5, 5.41) is 12.6. The van der Waals surface area contributed by atoms with E-state index >= 15 is 0 Å². The normalized spacial score (nSPS) is 16.3. The van der Waals surface area contributed by atoms with Crippen molar-refractivity contribution in [3.63, 3.8) is 0 Å². The van der Waals surface area contributed by atoms with E-state index in [2.05, 4.69) is 20.7 Å². The van der Waals surface area contributed by atoms with Crippen molar-refractivity contribution in [3.8, 4) is 5.75 Å². The minimum absolute atomic E-state index is 0.136. The van der Waals surface area contributed by atoms with E-state index in [9.17, 15) is 9.18 Å². The van der Waals surface area contributed by atoms with E-state index in [1.54, 1.807) is 48.4 Å². The SMILES string of the molecule is COc1ccc(C(NC(=O)c2ccc3cnc(NC4CCOC4)cc3c2)c2ccn(C)n2)cc1F. The molecule has 0 spiro atoms. The number of nitrogens with one attached hydrogen (secondary N) is 2. The Bertz CT molecular complexity index is 1370. The van der Waals surface area contributed by atoms with Gasteiger partial charge in [0.15, 0.2) is 11.6 Å². The quantitative estimate of drug-likeness (QED) is 0.422. The number of carbonyl (C=O) groups is 1. The third-order valence-corrected chi connectivity index (χ3v) is 6.08. The molecular weight excluding hydrogens is 449 g/mol. The molecule has 0 aliphatic carbocycles. The lowest BCUT2D eigenvalue weighted by atomic mass is 10.0. The molecule has 2 atom stereocenters. The zero-order chi connectivity index (χ0) is 24.4. The van der Waals surface area contributed by atoms with Gasteiger partial charge in [-0.15, -0.1) is 0 Å². The lowest BCUT2D eigenvalue weighted by molar-refractivity contribution is 0.0942. The largest absolute Gasteiger partial charge is 0.494 e. The second-order valence-electron chi connectivity index (χ2n) is 8.55. The van der Waals surface area contributed by atoms with Gasteiger partial charge in [-0.1, -0.05) is 12.1 Å². The number of benzene rings is 2. The van der Waals surface area contributed by atoms with Crippen LogP contribution in [0.15, 0.2) is 60.9 Å². The van der Waals surface area contributed by atoms with Crippen molar-refractivity contribution in [2.24, 2.45) is 7.05 Å². The van der Waals surface area contributed by atoms with Crippen LogP contribution in [0.2, 0.25) is 0 Å². The summed E-state index contributed by atoms with van der Waals surface area (Å²) in [6.07, 6.45) is 4.50. The highest BCUT2D eigenvalue weighted by molar-refractivity contribution is 5.99. The molecule has 1 fully saturated rings. The molecule has 0 saturated carbocycles. The number of rotatable bonds is 7. The molecule has 2 N–H and O–H groups in total. The van der Waals surface area contributed by atoms with Gasteiger partial charge in [-0.05, 0) is 53.8 Å². The van der Waals surface area contributed by atoms with Crippen LogP contribution in [0.1, 0.15) is 34.1 Å². The molecule has 0 radical (unpaired) electrons. The first-order chi connectivity index (χ1) is 17.0. The van der Waals surface area contributed by atoms with Crippen molar-refractivity contribution in [2.75, 3.05) is 25.6 Å². The zero-order valence-electron chi connectivity index (χ0n) is 19.5. The van der Waals surface area contributed by atoms with Gasteiger partial charge in [0, 0.05) is 37.0 Å². The molecule has 1 amide bonds. The molecule has 2 aromatic heterocycles. The smallest absolute Gasteiger partial charge is 0.252 e. The zero-order valence-corrected chi connectivity index (χ0v) is 19.5. The number of pyridine rings is 1. The standard InChI is InChI=1S/C26H26FN5O3/c1-32-9-7-22(31-32)25(16-5-6-23(34-2)21(27)12-16)30-26(33)17-3-4-18-14-28-24(13-19(18)11-17)29-20-8-10-35-15-20/h3-7,9,11-14,20,25H,8,10,15H2,1-2H3,(H,28,29)(H,30,33). The molecule has 2 unspecified atom stereocenters. The number of hydrogen-bond donors (Lipinski definition) is 2. The van der Waals surface area contributed by atoms with Crippen LogP contribution < -0.4 is 15.4 Å². The molecule has 8 nitrogen and oxygen atoms in total. The van der Waals surface area contributed by atoms with Crippen molar-refractivity contribution >= 4 is 22.5 Å². The lowest BCUT2D eigenvalue weighted by Gasteiger charge is -2.18. The predicted molar refractivity (Wildman–Crippen MR) is 130 cm³/mol. The van der Waals surface area contributed by atoms with Crippen molar-refractivity contribution in [1.29, 1.82) is 0 Å². The number of ether oxygens (including phenoxy) is 2. The number of aromatic nitrogens is 3. The van der Waals surface area contributed by atoms with Crippen molar-refractivity contribution in [1.82, 2.24) is 20.1 Å². The summed E-state index contributed by atoms with van der Waals surface area (Å²) in [7, 11) is 3.20. The monoisotopic (exact) mass is 475 g/mol. The van der Waals surface area contributed by atoms with Gasteiger partial charge in [-0.25, -0.2) is 9.37 Å². The number of halogens is 1. The summed E-state index contributed by atoms with van der Waals surface area (Å²) in [5.41, 5.74) is 1.64. The fraction of sp³-hybridized carbons (Fsp3) is 0.269. The average molecular weight is 476 g/mol. The van der Waals surface area contributed by atoms with Crippen LogP contribution in [0.5, 0.6) is 5.75 Å². The van der Waals surface area contributed by atoms with Crippen LogP contribution in [0.3, 0.4) is 0 Å². The van der Waals surface area contributed by atoms with E-state index in [0.717, 1.165) is 29.6 Å². The number of nitrogens with zero attached hydrogens (tertiary/aromatic N) is 3. The van der Waals surface area contributed by atoms with Crippen molar-refractivity contribution < 1.29 is 18.7 Å². The van der Waals surface area contributed by atoms with Gasteiger partial charge in [0.05, 0.1) is 31.5 Å². The molecular formula is C26H26FN5O3. The van der Waals surface area contributed by atoms with Gasteiger partial charge in [-0.3, -0.25) is 9.48 Å². The first kappa shape index (κ1) is 22.8. The molecule has 0 bridgehead atoms. The highest BCUT2D eigenvalue weighted by Gasteiger charge is 2.22. The van der Waals surface area contributed by atoms with Crippen molar-refractivity contribution in [3.05, 3.63) is 83.6 Å². The summed E-state index contributed by atoms with van der Waals surface area (Å²) in [4.78, 5) is 17.8. The summed E-state index contributed by atoms with van der Waals surface area (Å²) < 4.78 is 26.6. The lowest BCUT2D eigenvalue weighted by Crippen LogP contribution is -2.29. The summed E-state index contributed by atoms with van der Waals surface area (Å²) in [6, 6.07) is 13.4. The van der Waals surface area contributed by atoms with Gasteiger partial charge < -0.3 is 20.1 Å². The number of fused-ring (bicyclic) bond motifs is 1. The van der Waals surface area contributed by atoms with E-state index in [1.807, 2.05) is 18.2 Å². The highest BCUT2D eigenvalue weighted by Crippen LogP contribution is 2.27. The summed E-state index contributed by atoms with van der Waals surface area (Å²) in [6.45, 7) is 1.40. The van der Waals surface area contributed by atoms with Gasteiger partial charge in [-0.2, -0.15) is 5.10 Å². The van der Waals surface area contributed by atoms with E-state index in [0.29, 0.717) is 23.4 Å². The summed E-state index contributed by atoms with van der Waals surface area (Å²) >= 11 is 0. The van der Waals surface area contributed by atoms with Crippen LogP contribution in [-0.4, -0.2) is 47.0 Å². The molecule has 2 aromatic carbocycles. The maximum atomic E-state index is 14.5. The Balaban J connectivity index is 1.42. The first-order valence-corrected chi connectivity index (χ1v) is 11.4. The van der Waals surface area contributed by atoms with Crippen LogP contribution in [0.25, 0.3) is 10.8 Å². The molecule has 1 aliphatic rings. The molecule has 3 heterocycles. The topological polar surface area (TPSA) is 90.3 Å². The molecule has 35 heavy (non-hydrogen) atoms. The minimum Gasteiger partial charge on any atom is -0.494 e. The van der Waals surface area contributed by atoms with Gasteiger partial charge in [0.1, 0.15) is 5.82 Å². The van der Waals surface area contributed by atoms with E-state index in [-0.39, 0.29) is 17.7 Å². The molecule has 1 saturated heterocycles. The Labute approximate surface area is 202 Å². The van der Waals surface area contributed by atoms with E-state index < -0.39 is 11.9 Å². The molecule has 4 aromatic rings. The molecule has 9 heteroatoms. The number of carbonyl (C=O) groups excluding carboxylic acids is 1.